The minimum Gasteiger partial charge on any atom is -0.493 e. The average molecular weight is 364 g/mol. The second kappa shape index (κ2) is 9.18. The van der Waals surface area contributed by atoms with Crippen LogP contribution in [0.3, 0.4) is 0 Å². The predicted octanol–water partition coefficient (Wildman–Crippen LogP) is 3.27. The summed E-state index contributed by atoms with van der Waals surface area (Å²) in [7, 11) is 4.63. The summed E-state index contributed by atoms with van der Waals surface area (Å²) in [6.07, 6.45) is 0.911. The van der Waals surface area contributed by atoms with Crippen LogP contribution in [-0.4, -0.2) is 33.8 Å². The first kappa shape index (κ1) is 18.9. The number of halogens is 1. The maximum absolute atomic E-state index is 12.2. The fourth-order valence-corrected chi connectivity index (χ4v) is 2.79. The van der Waals surface area contributed by atoms with E-state index in [1.807, 2.05) is 24.3 Å². The van der Waals surface area contributed by atoms with Gasteiger partial charge in [0.2, 0.25) is 11.7 Å². The van der Waals surface area contributed by atoms with Crippen molar-refractivity contribution in [2.24, 2.45) is 0 Å². The quantitative estimate of drug-likeness (QED) is 0.782. The molecule has 25 heavy (non-hydrogen) atoms. The summed E-state index contributed by atoms with van der Waals surface area (Å²) in [5.41, 5.74) is 1.82. The van der Waals surface area contributed by atoms with Crippen LogP contribution in [0, 0.1) is 0 Å². The van der Waals surface area contributed by atoms with E-state index >= 15 is 0 Å². The lowest BCUT2D eigenvalue weighted by atomic mass is 10.1. The highest BCUT2D eigenvalue weighted by atomic mass is 35.5. The van der Waals surface area contributed by atoms with Crippen LogP contribution in [0.2, 0.25) is 5.02 Å². The highest BCUT2D eigenvalue weighted by molar-refractivity contribution is 6.30. The van der Waals surface area contributed by atoms with Gasteiger partial charge in [0.15, 0.2) is 11.5 Å². The van der Waals surface area contributed by atoms with E-state index in [0.29, 0.717) is 28.8 Å². The Kier molecular flexibility index (Phi) is 6.95. The first-order valence-corrected chi connectivity index (χ1v) is 8.25. The van der Waals surface area contributed by atoms with Gasteiger partial charge in [-0.15, -0.1) is 0 Å². The van der Waals surface area contributed by atoms with E-state index in [1.54, 1.807) is 19.2 Å². The molecule has 0 heterocycles. The van der Waals surface area contributed by atoms with Gasteiger partial charge in [0.1, 0.15) is 0 Å². The zero-order chi connectivity index (χ0) is 18.2. The molecule has 0 bridgehead atoms. The van der Waals surface area contributed by atoms with Crippen molar-refractivity contribution >= 4 is 17.5 Å². The Balaban J connectivity index is 1.98. The number of ether oxygens (including phenoxy) is 3. The van der Waals surface area contributed by atoms with Crippen LogP contribution < -0.4 is 19.5 Å². The minimum atomic E-state index is -0.0902. The molecule has 1 amide bonds. The number of carbonyl (C=O) groups is 1. The predicted molar refractivity (Wildman–Crippen MR) is 98.0 cm³/mol. The van der Waals surface area contributed by atoms with Crippen LogP contribution in [0.25, 0.3) is 0 Å². The topological polar surface area (TPSA) is 56.8 Å². The van der Waals surface area contributed by atoms with Gasteiger partial charge in [0.05, 0.1) is 27.8 Å². The standard InChI is InChI=1S/C19H22ClNO4/c1-23-16-8-7-14(18(24-2)19(16)25-3)12-17(22)21-10-9-13-5-4-6-15(20)11-13/h4-8,11H,9-10,12H2,1-3H3,(H,21,22). The van der Waals surface area contributed by atoms with Crippen LogP contribution in [0.15, 0.2) is 36.4 Å². The Hall–Kier alpha value is -2.40. The summed E-state index contributed by atoms with van der Waals surface area (Å²) in [6.45, 7) is 0.536. The maximum Gasteiger partial charge on any atom is 0.224 e. The van der Waals surface area contributed by atoms with Gasteiger partial charge in [0, 0.05) is 17.1 Å². The second-order valence-corrected chi connectivity index (χ2v) is 5.84. The van der Waals surface area contributed by atoms with Gasteiger partial charge in [-0.05, 0) is 30.2 Å². The van der Waals surface area contributed by atoms with E-state index in [9.17, 15) is 4.79 Å². The van der Waals surface area contributed by atoms with E-state index in [-0.39, 0.29) is 12.3 Å². The number of benzene rings is 2. The molecule has 0 saturated carbocycles. The third-order valence-corrected chi connectivity index (χ3v) is 4.00. The van der Waals surface area contributed by atoms with E-state index in [0.717, 1.165) is 17.5 Å². The number of amides is 1. The van der Waals surface area contributed by atoms with Crippen LogP contribution in [0.5, 0.6) is 17.2 Å². The van der Waals surface area contributed by atoms with Crippen LogP contribution >= 0.6 is 11.6 Å². The van der Waals surface area contributed by atoms with Gasteiger partial charge in [-0.1, -0.05) is 29.8 Å². The molecule has 0 spiro atoms. The molecule has 134 valence electrons. The molecule has 0 saturated heterocycles. The Labute approximate surface area is 152 Å². The third kappa shape index (κ3) is 5.03. The molecule has 0 aliphatic carbocycles. The van der Waals surface area contributed by atoms with E-state index in [4.69, 9.17) is 25.8 Å². The average Bonchev–Trinajstić information content (AvgIpc) is 2.61. The van der Waals surface area contributed by atoms with Crippen molar-refractivity contribution in [1.82, 2.24) is 5.32 Å². The van der Waals surface area contributed by atoms with E-state index in [1.165, 1.54) is 14.2 Å². The molecule has 0 aliphatic heterocycles. The van der Waals surface area contributed by atoms with Crippen molar-refractivity contribution in [2.45, 2.75) is 12.8 Å². The second-order valence-electron chi connectivity index (χ2n) is 5.40. The van der Waals surface area contributed by atoms with Crippen molar-refractivity contribution in [2.75, 3.05) is 27.9 Å². The van der Waals surface area contributed by atoms with Crippen LogP contribution in [0.4, 0.5) is 0 Å². The van der Waals surface area contributed by atoms with Crippen molar-refractivity contribution in [1.29, 1.82) is 0 Å². The zero-order valence-electron chi connectivity index (χ0n) is 14.6. The van der Waals surface area contributed by atoms with Crippen molar-refractivity contribution in [3.8, 4) is 17.2 Å². The van der Waals surface area contributed by atoms with E-state index < -0.39 is 0 Å². The molecule has 0 fully saturated rings. The van der Waals surface area contributed by atoms with Crippen LogP contribution in [0.1, 0.15) is 11.1 Å². The molecular weight excluding hydrogens is 342 g/mol. The Morgan fingerprint density at radius 1 is 1.04 bits per heavy atom. The fraction of sp³-hybridized carbons (Fsp3) is 0.316. The highest BCUT2D eigenvalue weighted by Gasteiger charge is 2.17. The molecule has 6 heteroatoms. The molecule has 0 atom stereocenters. The number of methoxy groups -OCH3 is 3. The molecule has 0 aromatic heterocycles. The number of carbonyl (C=O) groups excluding carboxylic acids is 1. The number of rotatable bonds is 8. The molecule has 0 aliphatic rings. The minimum absolute atomic E-state index is 0.0902. The Morgan fingerprint density at radius 2 is 1.80 bits per heavy atom. The summed E-state index contributed by atoms with van der Waals surface area (Å²) < 4.78 is 16.0. The molecule has 1 N–H and O–H groups in total. The van der Waals surface area contributed by atoms with Gasteiger partial charge >= 0.3 is 0 Å². The van der Waals surface area contributed by atoms with Gasteiger partial charge in [-0.2, -0.15) is 0 Å². The molecule has 2 aromatic rings. The normalized spacial score (nSPS) is 10.2. The number of hydrogen-bond acceptors (Lipinski definition) is 4. The van der Waals surface area contributed by atoms with Crippen molar-refractivity contribution in [3.05, 3.63) is 52.5 Å². The molecule has 5 nitrogen and oxygen atoms in total. The summed E-state index contributed by atoms with van der Waals surface area (Å²) in [6, 6.07) is 11.2. The molecular formula is C19H22ClNO4. The third-order valence-electron chi connectivity index (χ3n) is 3.76. The number of nitrogens with one attached hydrogen (secondary N) is 1. The van der Waals surface area contributed by atoms with Crippen LogP contribution in [-0.2, 0) is 17.6 Å². The molecule has 2 aromatic carbocycles. The summed E-state index contributed by atoms with van der Waals surface area (Å²) in [5.74, 6) is 1.46. The summed E-state index contributed by atoms with van der Waals surface area (Å²) in [5, 5.41) is 3.60. The first-order chi connectivity index (χ1) is 12.1. The van der Waals surface area contributed by atoms with Crippen molar-refractivity contribution < 1.29 is 19.0 Å². The van der Waals surface area contributed by atoms with Gasteiger partial charge in [-0.3, -0.25) is 4.79 Å². The lowest BCUT2D eigenvalue weighted by molar-refractivity contribution is -0.120. The first-order valence-electron chi connectivity index (χ1n) is 7.88. The number of hydrogen-bond donors (Lipinski definition) is 1. The largest absolute Gasteiger partial charge is 0.493 e. The van der Waals surface area contributed by atoms with Gasteiger partial charge < -0.3 is 19.5 Å². The smallest absolute Gasteiger partial charge is 0.224 e. The SMILES string of the molecule is COc1ccc(CC(=O)NCCc2cccc(Cl)c2)c(OC)c1OC. The van der Waals surface area contributed by atoms with E-state index in [2.05, 4.69) is 5.32 Å². The molecule has 0 radical (unpaired) electrons. The Morgan fingerprint density at radius 3 is 2.44 bits per heavy atom. The van der Waals surface area contributed by atoms with Crippen molar-refractivity contribution in [3.63, 3.8) is 0 Å². The monoisotopic (exact) mass is 363 g/mol. The maximum atomic E-state index is 12.2. The highest BCUT2D eigenvalue weighted by Crippen LogP contribution is 2.39. The fourth-order valence-electron chi connectivity index (χ4n) is 2.58. The van der Waals surface area contributed by atoms with Gasteiger partial charge in [0.25, 0.3) is 0 Å². The molecule has 2 rings (SSSR count). The zero-order valence-corrected chi connectivity index (χ0v) is 15.4. The summed E-state index contributed by atoms with van der Waals surface area (Å²) in [4.78, 5) is 12.2. The molecule has 0 unspecified atom stereocenters. The Bertz CT molecular complexity index is 733. The van der Waals surface area contributed by atoms with Gasteiger partial charge in [-0.25, -0.2) is 0 Å². The lowest BCUT2D eigenvalue weighted by Gasteiger charge is -2.15. The summed E-state index contributed by atoms with van der Waals surface area (Å²) >= 11 is 5.96. The lowest BCUT2D eigenvalue weighted by Crippen LogP contribution is -2.27.